The van der Waals surface area contributed by atoms with Crippen molar-refractivity contribution in [3.8, 4) is 16.2 Å². The highest BCUT2D eigenvalue weighted by Crippen LogP contribution is 2.36. The molecule has 0 spiro atoms. The molecule has 8 nitrogen and oxygen atoms in total. The summed E-state index contributed by atoms with van der Waals surface area (Å²) in [4.78, 5) is 19.3. The van der Waals surface area contributed by atoms with Crippen LogP contribution in [-0.2, 0) is 13.1 Å². The molecule has 0 radical (unpaired) electrons. The van der Waals surface area contributed by atoms with E-state index in [9.17, 15) is 5.11 Å². The SMILES string of the molecule is CN1CCN(C)CCN(Cc2cc(-c3ccc(/C=C/c4ccc(N(C)C)cc4)s3)cc(CN3CCN(C)CCN(C)CC3)c2O)CC1. The Morgan fingerprint density at radius 2 is 1.06 bits per heavy atom. The van der Waals surface area contributed by atoms with Crippen LogP contribution >= 0.6 is 11.3 Å². The summed E-state index contributed by atoms with van der Waals surface area (Å²) in [5, 5.41) is 11.9. The van der Waals surface area contributed by atoms with Gasteiger partial charge in [-0.25, -0.2) is 0 Å². The van der Waals surface area contributed by atoms with Gasteiger partial charge in [0.15, 0.2) is 0 Å². The van der Waals surface area contributed by atoms with Crippen molar-refractivity contribution in [2.24, 2.45) is 0 Å². The minimum atomic E-state index is 0.467. The van der Waals surface area contributed by atoms with Crippen LogP contribution in [0.4, 0.5) is 5.69 Å². The Balaban J connectivity index is 1.42. The summed E-state index contributed by atoms with van der Waals surface area (Å²) in [5.74, 6) is 0.467. The lowest BCUT2D eigenvalue weighted by Gasteiger charge is -2.27. The molecule has 2 fully saturated rings. The van der Waals surface area contributed by atoms with E-state index in [0.29, 0.717) is 5.75 Å². The molecule has 2 aliphatic rings. The van der Waals surface area contributed by atoms with E-state index in [4.69, 9.17) is 0 Å². The fraction of sp³-hybridized carbons (Fsp3) is 0.526. The Bertz CT molecular complexity index is 1360. The van der Waals surface area contributed by atoms with Gasteiger partial charge in [-0.05, 0) is 81.8 Å². The molecule has 1 aromatic heterocycles. The van der Waals surface area contributed by atoms with Crippen LogP contribution < -0.4 is 4.90 Å². The quantitative estimate of drug-likeness (QED) is 0.373. The number of nitrogens with zero attached hydrogens (tertiary/aromatic N) is 7. The zero-order chi connectivity index (χ0) is 33.3. The van der Waals surface area contributed by atoms with Gasteiger partial charge >= 0.3 is 0 Å². The standard InChI is InChI=1S/C38H57N7OS/c1-39(2)35-10-7-31(8-11-35)9-12-36-13-14-37(47-36)32-27-33(29-44-23-19-40(3)15-16-41(4)20-24-44)38(46)34(28-32)30-45-25-21-42(5)17-18-43(6)22-26-45/h7-14,27-28,46H,15-26,29-30H2,1-6H3/b12-9+. The van der Waals surface area contributed by atoms with Crippen LogP contribution in [0.1, 0.15) is 21.6 Å². The molecule has 2 saturated heterocycles. The van der Waals surface area contributed by atoms with Gasteiger partial charge in [0.05, 0.1) is 0 Å². The van der Waals surface area contributed by atoms with E-state index in [2.05, 4.69) is 137 Å². The molecule has 0 amide bonds. The lowest BCUT2D eigenvalue weighted by molar-refractivity contribution is 0.220. The van der Waals surface area contributed by atoms with Crippen molar-refractivity contribution < 1.29 is 5.11 Å². The van der Waals surface area contributed by atoms with Crippen LogP contribution in [0.15, 0.2) is 48.5 Å². The van der Waals surface area contributed by atoms with Crippen molar-refractivity contribution in [2.45, 2.75) is 13.1 Å². The van der Waals surface area contributed by atoms with Crippen LogP contribution in [0.25, 0.3) is 22.6 Å². The molecule has 0 bridgehead atoms. The fourth-order valence-electron chi connectivity index (χ4n) is 6.20. The van der Waals surface area contributed by atoms with E-state index in [1.165, 1.54) is 26.6 Å². The van der Waals surface area contributed by atoms with Crippen LogP contribution in [0.5, 0.6) is 5.75 Å². The minimum Gasteiger partial charge on any atom is -0.507 e. The molecule has 3 heterocycles. The molecule has 0 saturated carbocycles. The van der Waals surface area contributed by atoms with Crippen LogP contribution in [-0.4, -0.2) is 155 Å². The van der Waals surface area contributed by atoms with Gasteiger partial charge in [-0.3, -0.25) is 9.80 Å². The molecular weight excluding hydrogens is 603 g/mol. The third-order valence-electron chi connectivity index (χ3n) is 9.74. The van der Waals surface area contributed by atoms with Crippen molar-refractivity contribution in [3.05, 3.63) is 70.1 Å². The summed E-state index contributed by atoms with van der Waals surface area (Å²) in [6, 6.07) is 17.6. The lowest BCUT2D eigenvalue weighted by Crippen LogP contribution is -2.35. The Hall–Kier alpha value is -2.76. The highest BCUT2D eigenvalue weighted by atomic mass is 32.1. The third kappa shape index (κ3) is 10.6. The van der Waals surface area contributed by atoms with E-state index in [-0.39, 0.29) is 0 Å². The molecule has 1 N–H and O–H groups in total. The molecule has 2 aliphatic heterocycles. The first-order chi connectivity index (χ1) is 22.6. The molecule has 3 aromatic rings. The van der Waals surface area contributed by atoms with E-state index >= 15 is 0 Å². The van der Waals surface area contributed by atoms with Crippen LogP contribution in [0.2, 0.25) is 0 Å². The summed E-state index contributed by atoms with van der Waals surface area (Å²) >= 11 is 1.82. The molecule has 47 heavy (non-hydrogen) atoms. The maximum atomic E-state index is 11.9. The normalized spacial score (nSPS) is 19.6. The van der Waals surface area contributed by atoms with Gasteiger partial charge in [0, 0.05) is 132 Å². The first-order valence-corrected chi connectivity index (χ1v) is 18.0. The van der Waals surface area contributed by atoms with Crippen molar-refractivity contribution in [1.29, 1.82) is 0 Å². The number of phenolic OH excluding ortho intramolecular Hbond substituents is 1. The Morgan fingerprint density at radius 3 is 1.51 bits per heavy atom. The Kier molecular flexibility index (Phi) is 12.9. The molecule has 0 atom stereocenters. The van der Waals surface area contributed by atoms with Crippen molar-refractivity contribution >= 4 is 29.2 Å². The van der Waals surface area contributed by atoms with Crippen molar-refractivity contribution in [3.63, 3.8) is 0 Å². The summed E-state index contributed by atoms with van der Waals surface area (Å²) in [6.45, 7) is 14.0. The van der Waals surface area contributed by atoms with Crippen LogP contribution in [0, 0.1) is 0 Å². The molecule has 9 heteroatoms. The van der Waals surface area contributed by atoms with Gasteiger partial charge in [0.1, 0.15) is 5.75 Å². The number of hydrogen-bond donors (Lipinski definition) is 1. The van der Waals surface area contributed by atoms with Crippen LogP contribution in [0.3, 0.4) is 0 Å². The second-order valence-electron chi connectivity index (χ2n) is 13.9. The molecule has 0 aliphatic carbocycles. The van der Waals surface area contributed by atoms with Crippen molar-refractivity contribution in [2.75, 3.05) is 126 Å². The third-order valence-corrected chi connectivity index (χ3v) is 10.8. The molecule has 0 unspecified atom stereocenters. The molecule has 256 valence electrons. The zero-order valence-electron chi connectivity index (χ0n) is 29.7. The number of aromatic hydroxyl groups is 1. The highest BCUT2D eigenvalue weighted by molar-refractivity contribution is 7.16. The number of rotatable bonds is 8. The molecule has 2 aromatic carbocycles. The smallest absolute Gasteiger partial charge is 0.124 e. The lowest BCUT2D eigenvalue weighted by atomic mass is 10.0. The first-order valence-electron chi connectivity index (χ1n) is 17.2. The van der Waals surface area contributed by atoms with Gasteiger partial charge in [-0.2, -0.15) is 0 Å². The Labute approximate surface area is 288 Å². The van der Waals surface area contributed by atoms with E-state index in [1.807, 2.05) is 11.3 Å². The number of hydrogen-bond acceptors (Lipinski definition) is 9. The number of anilines is 1. The first kappa shape index (κ1) is 35.5. The highest BCUT2D eigenvalue weighted by Gasteiger charge is 2.20. The second kappa shape index (κ2) is 17.1. The topological polar surface area (TPSA) is 42.9 Å². The maximum Gasteiger partial charge on any atom is 0.124 e. The number of likely N-dealkylation sites (N-methyl/N-ethyl adjacent to an activating group) is 4. The zero-order valence-corrected chi connectivity index (χ0v) is 30.5. The van der Waals surface area contributed by atoms with E-state index < -0.39 is 0 Å². The van der Waals surface area contributed by atoms with Crippen molar-refractivity contribution in [1.82, 2.24) is 29.4 Å². The summed E-state index contributed by atoms with van der Waals surface area (Å²) < 4.78 is 0. The molecular formula is C38H57N7OS. The summed E-state index contributed by atoms with van der Waals surface area (Å²) in [5.41, 5.74) is 5.67. The largest absolute Gasteiger partial charge is 0.507 e. The number of benzene rings is 2. The second-order valence-corrected chi connectivity index (χ2v) is 15.0. The summed E-state index contributed by atoms with van der Waals surface area (Å²) in [7, 11) is 13.0. The summed E-state index contributed by atoms with van der Waals surface area (Å²) in [6.07, 6.45) is 4.41. The average molecular weight is 660 g/mol. The monoisotopic (exact) mass is 659 g/mol. The van der Waals surface area contributed by atoms with E-state index in [0.717, 1.165) is 103 Å². The average Bonchev–Trinajstić information content (AvgIpc) is 3.58. The predicted molar refractivity (Wildman–Crippen MR) is 202 cm³/mol. The predicted octanol–water partition coefficient (Wildman–Crippen LogP) is 4.72. The number of thiophene rings is 1. The van der Waals surface area contributed by atoms with E-state index in [1.54, 1.807) is 0 Å². The minimum absolute atomic E-state index is 0.467. The van der Waals surface area contributed by atoms with Gasteiger partial charge in [0.25, 0.3) is 0 Å². The van der Waals surface area contributed by atoms with Gasteiger partial charge in [0.2, 0.25) is 0 Å². The maximum absolute atomic E-state index is 11.9. The Morgan fingerprint density at radius 1 is 0.617 bits per heavy atom. The fourth-order valence-corrected chi connectivity index (χ4v) is 7.10. The van der Waals surface area contributed by atoms with Gasteiger partial charge in [-0.1, -0.05) is 18.2 Å². The number of phenols is 1. The van der Waals surface area contributed by atoms with Gasteiger partial charge in [-0.15, -0.1) is 11.3 Å². The molecule has 5 rings (SSSR count). The van der Waals surface area contributed by atoms with Gasteiger partial charge < -0.3 is 29.6 Å².